The van der Waals surface area contributed by atoms with Crippen LogP contribution < -0.4 is 0 Å². The van der Waals surface area contributed by atoms with E-state index in [1.165, 1.54) is 26.2 Å². The molecule has 2 unspecified atom stereocenters. The van der Waals surface area contributed by atoms with Gasteiger partial charge >= 0.3 is 0 Å². The molecule has 0 N–H and O–H groups in total. The van der Waals surface area contributed by atoms with Crippen molar-refractivity contribution in [3.63, 3.8) is 0 Å². The van der Waals surface area contributed by atoms with Crippen LogP contribution >= 0.6 is 0 Å². The first-order valence-electron chi connectivity index (χ1n) is 6.66. The van der Waals surface area contributed by atoms with Gasteiger partial charge in [-0.2, -0.15) is 0 Å². The van der Waals surface area contributed by atoms with Crippen molar-refractivity contribution >= 4 is 0 Å². The standard InChI is InChI=1S/C14H28N2/c1-13(2,3)10-15-7-11-8-16(9-12(11)15)14(4,5)6/h11-12H,7-10H2,1-6H3. The first kappa shape index (κ1) is 12.4. The monoisotopic (exact) mass is 224 g/mol. The Balaban J connectivity index is 1.90. The van der Waals surface area contributed by atoms with E-state index in [4.69, 9.17) is 0 Å². The van der Waals surface area contributed by atoms with Crippen LogP contribution in [0.15, 0.2) is 0 Å². The number of likely N-dealkylation sites (tertiary alicyclic amines) is 2. The normalized spacial score (nSPS) is 32.6. The fraction of sp³-hybridized carbons (Fsp3) is 1.00. The zero-order valence-corrected chi connectivity index (χ0v) is 11.9. The molecular weight excluding hydrogens is 196 g/mol. The quantitative estimate of drug-likeness (QED) is 0.675. The molecule has 2 aliphatic heterocycles. The minimum atomic E-state index is 0.352. The summed E-state index contributed by atoms with van der Waals surface area (Å²) in [6, 6.07) is 0.846. The molecule has 2 saturated heterocycles. The van der Waals surface area contributed by atoms with Crippen LogP contribution in [0.4, 0.5) is 0 Å². The Hall–Kier alpha value is -0.0800. The Morgan fingerprint density at radius 2 is 1.56 bits per heavy atom. The number of hydrogen-bond acceptors (Lipinski definition) is 2. The minimum Gasteiger partial charge on any atom is -0.298 e. The Bertz CT molecular complexity index is 259. The molecule has 2 rings (SSSR count). The summed E-state index contributed by atoms with van der Waals surface area (Å²) >= 11 is 0. The van der Waals surface area contributed by atoms with Crippen molar-refractivity contribution in [2.24, 2.45) is 11.3 Å². The van der Waals surface area contributed by atoms with Crippen LogP contribution in [0, 0.1) is 11.3 Å². The lowest BCUT2D eigenvalue weighted by Gasteiger charge is -2.46. The van der Waals surface area contributed by atoms with Gasteiger partial charge in [-0.05, 0) is 26.2 Å². The highest BCUT2D eigenvalue weighted by molar-refractivity contribution is 5.03. The van der Waals surface area contributed by atoms with Crippen molar-refractivity contribution < 1.29 is 0 Å². The lowest BCUT2D eigenvalue weighted by atomic mass is 9.87. The average molecular weight is 224 g/mol. The molecule has 0 aromatic heterocycles. The van der Waals surface area contributed by atoms with E-state index in [0.717, 1.165) is 12.0 Å². The highest BCUT2D eigenvalue weighted by Gasteiger charge is 2.48. The first-order chi connectivity index (χ1) is 7.17. The van der Waals surface area contributed by atoms with Gasteiger partial charge in [0.2, 0.25) is 0 Å². The van der Waals surface area contributed by atoms with Gasteiger partial charge in [0.15, 0.2) is 0 Å². The van der Waals surface area contributed by atoms with Gasteiger partial charge in [-0.25, -0.2) is 0 Å². The largest absolute Gasteiger partial charge is 0.298 e. The highest BCUT2D eigenvalue weighted by Crippen LogP contribution is 2.37. The van der Waals surface area contributed by atoms with Gasteiger partial charge < -0.3 is 0 Å². The molecule has 0 aliphatic carbocycles. The SMILES string of the molecule is CC(C)(C)CN1CC2CN(C(C)(C)C)CC21. The number of fused-ring (bicyclic) bond motifs is 1. The third-order valence-electron chi connectivity index (χ3n) is 3.97. The van der Waals surface area contributed by atoms with Gasteiger partial charge in [-0.15, -0.1) is 0 Å². The maximum absolute atomic E-state index is 2.69. The Kier molecular flexibility index (Phi) is 2.87. The molecule has 2 heterocycles. The number of nitrogens with zero attached hydrogens (tertiary/aromatic N) is 2. The molecule has 0 spiro atoms. The van der Waals surface area contributed by atoms with Crippen LogP contribution in [0.3, 0.4) is 0 Å². The summed E-state index contributed by atoms with van der Waals surface area (Å²) < 4.78 is 0. The molecule has 2 nitrogen and oxygen atoms in total. The van der Waals surface area contributed by atoms with E-state index in [2.05, 4.69) is 51.3 Å². The maximum Gasteiger partial charge on any atom is 0.0276 e. The van der Waals surface area contributed by atoms with E-state index < -0.39 is 0 Å². The predicted molar refractivity (Wildman–Crippen MR) is 69.6 cm³/mol. The molecule has 2 heteroatoms. The second-order valence-electron chi connectivity index (χ2n) is 7.89. The molecule has 2 aliphatic rings. The van der Waals surface area contributed by atoms with Gasteiger partial charge in [0.05, 0.1) is 0 Å². The summed E-state index contributed by atoms with van der Waals surface area (Å²) in [4.78, 5) is 5.35. The highest BCUT2D eigenvalue weighted by atomic mass is 15.3. The second kappa shape index (κ2) is 3.71. The van der Waals surface area contributed by atoms with Gasteiger partial charge in [0, 0.05) is 43.7 Å². The Labute approximate surface area is 101 Å². The summed E-state index contributed by atoms with van der Waals surface area (Å²) in [6.07, 6.45) is 0. The average Bonchev–Trinajstić information content (AvgIpc) is 2.36. The van der Waals surface area contributed by atoms with Gasteiger partial charge in [-0.3, -0.25) is 9.80 Å². The van der Waals surface area contributed by atoms with Crippen LogP contribution in [-0.4, -0.2) is 47.6 Å². The lowest BCUT2D eigenvalue weighted by Crippen LogP contribution is -2.57. The van der Waals surface area contributed by atoms with Gasteiger partial charge in [0.25, 0.3) is 0 Å². The molecule has 0 amide bonds. The van der Waals surface area contributed by atoms with Gasteiger partial charge in [-0.1, -0.05) is 20.8 Å². The Morgan fingerprint density at radius 1 is 0.938 bits per heavy atom. The molecular formula is C14H28N2. The number of rotatable bonds is 1. The van der Waals surface area contributed by atoms with Crippen LogP contribution in [0.1, 0.15) is 41.5 Å². The summed E-state index contributed by atoms with van der Waals surface area (Å²) in [7, 11) is 0. The van der Waals surface area contributed by atoms with Crippen LogP contribution in [0.2, 0.25) is 0 Å². The van der Waals surface area contributed by atoms with Crippen LogP contribution in [0.25, 0.3) is 0 Å². The summed E-state index contributed by atoms with van der Waals surface area (Å²) in [5.74, 6) is 0.946. The summed E-state index contributed by atoms with van der Waals surface area (Å²) in [5.41, 5.74) is 0.796. The molecule has 0 saturated carbocycles. The third-order valence-corrected chi connectivity index (χ3v) is 3.97. The first-order valence-corrected chi connectivity index (χ1v) is 6.66. The molecule has 94 valence electrons. The van der Waals surface area contributed by atoms with Crippen molar-refractivity contribution in [2.75, 3.05) is 26.2 Å². The van der Waals surface area contributed by atoms with E-state index in [-0.39, 0.29) is 0 Å². The van der Waals surface area contributed by atoms with Gasteiger partial charge in [0.1, 0.15) is 0 Å². The minimum absolute atomic E-state index is 0.352. The molecule has 2 atom stereocenters. The van der Waals surface area contributed by atoms with Crippen molar-refractivity contribution in [1.29, 1.82) is 0 Å². The Morgan fingerprint density at radius 3 is 2.06 bits per heavy atom. The van der Waals surface area contributed by atoms with E-state index in [1.54, 1.807) is 0 Å². The molecule has 0 radical (unpaired) electrons. The number of hydrogen-bond donors (Lipinski definition) is 0. The van der Waals surface area contributed by atoms with E-state index in [9.17, 15) is 0 Å². The van der Waals surface area contributed by atoms with Crippen molar-refractivity contribution in [3.8, 4) is 0 Å². The van der Waals surface area contributed by atoms with E-state index in [0.29, 0.717) is 11.0 Å². The van der Waals surface area contributed by atoms with Crippen molar-refractivity contribution in [1.82, 2.24) is 9.80 Å². The van der Waals surface area contributed by atoms with E-state index in [1.807, 2.05) is 0 Å². The predicted octanol–water partition coefficient (Wildman–Crippen LogP) is 2.45. The molecule has 0 bridgehead atoms. The van der Waals surface area contributed by atoms with Crippen molar-refractivity contribution in [2.45, 2.75) is 53.1 Å². The van der Waals surface area contributed by atoms with Crippen LogP contribution in [0.5, 0.6) is 0 Å². The summed E-state index contributed by atoms with van der Waals surface area (Å²) in [5, 5.41) is 0. The fourth-order valence-corrected chi connectivity index (χ4v) is 3.08. The smallest absolute Gasteiger partial charge is 0.0276 e. The maximum atomic E-state index is 2.69. The molecule has 16 heavy (non-hydrogen) atoms. The molecule has 0 aromatic rings. The topological polar surface area (TPSA) is 6.48 Å². The fourth-order valence-electron chi connectivity index (χ4n) is 3.08. The van der Waals surface area contributed by atoms with E-state index >= 15 is 0 Å². The van der Waals surface area contributed by atoms with Crippen molar-refractivity contribution in [3.05, 3.63) is 0 Å². The zero-order valence-electron chi connectivity index (χ0n) is 11.9. The molecule has 0 aromatic carbocycles. The second-order valence-corrected chi connectivity index (χ2v) is 7.89. The zero-order chi connectivity index (χ0) is 12.1. The molecule has 2 fully saturated rings. The third kappa shape index (κ3) is 2.43. The van der Waals surface area contributed by atoms with Crippen LogP contribution in [-0.2, 0) is 0 Å². The summed E-state index contributed by atoms with van der Waals surface area (Å²) in [6.45, 7) is 19.2. The lowest BCUT2D eigenvalue weighted by molar-refractivity contribution is 0.0211.